The lowest BCUT2D eigenvalue weighted by Crippen LogP contribution is -2.86. The highest BCUT2D eigenvalue weighted by Gasteiger charge is 2.36. The fourth-order valence-electron chi connectivity index (χ4n) is 3.56. The van der Waals surface area contributed by atoms with Crippen LogP contribution in [-0.2, 0) is 6.42 Å². The van der Waals surface area contributed by atoms with Crippen molar-refractivity contribution in [3.63, 3.8) is 0 Å². The molecule has 0 spiro atoms. The van der Waals surface area contributed by atoms with Gasteiger partial charge in [-0.2, -0.15) is 0 Å². The molecule has 102 valence electrons. The van der Waals surface area contributed by atoms with E-state index in [4.69, 9.17) is 4.74 Å². The molecule has 1 saturated carbocycles. The van der Waals surface area contributed by atoms with Crippen LogP contribution in [0.25, 0.3) is 0 Å². The molecule has 1 aromatic carbocycles. The minimum Gasteiger partial charge on any atom is -0.497 e. The van der Waals surface area contributed by atoms with Crippen LogP contribution in [0.5, 0.6) is 5.75 Å². The minimum absolute atomic E-state index is 0.891. The van der Waals surface area contributed by atoms with E-state index >= 15 is 0 Å². The third-order valence-corrected chi connectivity index (χ3v) is 4.68. The molecule has 3 atom stereocenters. The molecule has 0 saturated heterocycles. The molecule has 2 bridgehead atoms. The van der Waals surface area contributed by atoms with E-state index in [2.05, 4.69) is 41.7 Å². The number of allylic oxidation sites excluding steroid dienone is 2. The molecule has 2 aliphatic rings. The van der Waals surface area contributed by atoms with Crippen molar-refractivity contribution >= 4 is 0 Å². The molecular weight excluding hydrogens is 234 g/mol. The van der Waals surface area contributed by atoms with Crippen molar-refractivity contribution in [2.75, 3.05) is 20.2 Å². The standard InChI is InChI=1S/C17H23NO/c1-19-17-6-3-13(4-7-17)8-9-18-12-16-11-14-2-5-15(16)10-14/h2-7,14-16,18H,8-12H2,1H3/p+1/t14-,15-,16+/m0/s1. The maximum Gasteiger partial charge on any atom is 0.118 e. The van der Waals surface area contributed by atoms with Crippen LogP contribution in [0.15, 0.2) is 36.4 Å². The van der Waals surface area contributed by atoms with Gasteiger partial charge < -0.3 is 10.1 Å². The lowest BCUT2D eigenvalue weighted by atomic mass is 9.93. The molecule has 0 aliphatic heterocycles. The summed E-state index contributed by atoms with van der Waals surface area (Å²) in [4.78, 5) is 0. The van der Waals surface area contributed by atoms with E-state index < -0.39 is 0 Å². The van der Waals surface area contributed by atoms with Crippen molar-refractivity contribution in [2.24, 2.45) is 17.8 Å². The molecule has 0 heterocycles. The molecule has 1 aromatic rings. The zero-order chi connectivity index (χ0) is 13.1. The van der Waals surface area contributed by atoms with E-state index in [0.29, 0.717) is 0 Å². The second kappa shape index (κ2) is 5.79. The molecule has 19 heavy (non-hydrogen) atoms. The molecule has 1 fully saturated rings. The quantitative estimate of drug-likeness (QED) is 0.613. The van der Waals surface area contributed by atoms with Crippen LogP contribution in [0, 0.1) is 17.8 Å². The van der Waals surface area contributed by atoms with Crippen molar-refractivity contribution in [2.45, 2.75) is 19.3 Å². The molecule has 2 aliphatic carbocycles. The highest BCUT2D eigenvalue weighted by Crippen LogP contribution is 2.42. The second-order valence-electron chi connectivity index (χ2n) is 5.95. The molecule has 2 heteroatoms. The summed E-state index contributed by atoms with van der Waals surface area (Å²) in [6, 6.07) is 8.45. The summed E-state index contributed by atoms with van der Waals surface area (Å²) in [5.74, 6) is 3.68. The summed E-state index contributed by atoms with van der Waals surface area (Å²) in [5.41, 5.74) is 1.41. The van der Waals surface area contributed by atoms with Gasteiger partial charge in [-0.1, -0.05) is 24.3 Å². The Balaban J connectivity index is 1.37. The highest BCUT2D eigenvalue weighted by molar-refractivity contribution is 5.27. The summed E-state index contributed by atoms with van der Waals surface area (Å²) in [6.45, 7) is 2.51. The fraction of sp³-hybridized carbons (Fsp3) is 0.529. The van der Waals surface area contributed by atoms with E-state index in [9.17, 15) is 0 Å². The number of fused-ring (bicyclic) bond motifs is 2. The van der Waals surface area contributed by atoms with Gasteiger partial charge in [-0.05, 0) is 42.4 Å². The zero-order valence-electron chi connectivity index (χ0n) is 11.7. The topological polar surface area (TPSA) is 25.8 Å². The Labute approximate surface area is 115 Å². The average Bonchev–Trinajstić information content (AvgIpc) is 3.07. The molecular formula is C17H24NO+. The van der Waals surface area contributed by atoms with Gasteiger partial charge in [-0.3, -0.25) is 0 Å². The molecule has 2 N–H and O–H groups in total. The molecule has 0 radical (unpaired) electrons. The van der Waals surface area contributed by atoms with Crippen LogP contribution in [-0.4, -0.2) is 20.2 Å². The van der Waals surface area contributed by atoms with E-state index in [0.717, 1.165) is 29.9 Å². The van der Waals surface area contributed by atoms with E-state index in [-0.39, 0.29) is 0 Å². The maximum absolute atomic E-state index is 5.18. The fourth-order valence-corrected chi connectivity index (χ4v) is 3.56. The van der Waals surface area contributed by atoms with Crippen LogP contribution >= 0.6 is 0 Å². The average molecular weight is 258 g/mol. The largest absolute Gasteiger partial charge is 0.497 e. The normalized spacial score (nSPS) is 27.9. The van der Waals surface area contributed by atoms with Crippen LogP contribution in [0.4, 0.5) is 0 Å². The van der Waals surface area contributed by atoms with Gasteiger partial charge in [-0.25, -0.2) is 0 Å². The molecule has 0 amide bonds. The van der Waals surface area contributed by atoms with Gasteiger partial charge >= 0.3 is 0 Å². The Morgan fingerprint density at radius 1 is 1.16 bits per heavy atom. The molecule has 3 rings (SSSR count). The monoisotopic (exact) mass is 258 g/mol. The van der Waals surface area contributed by atoms with Gasteiger partial charge in [0.2, 0.25) is 0 Å². The Morgan fingerprint density at radius 3 is 2.63 bits per heavy atom. The number of hydrogen-bond acceptors (Lipinski definition) is 1. The molecule has 0 aromatic heterocycles. The van der Waals surface area contributed by atoms with Gasteiger partial charge in [0.25, 0.3) is 0 Å². The number of nitrogens with two attached hydrogens (primary N) is 1. The van der Waals surface area contributed by atoms with Gasteiger partial charge in [0, 0.05) is 12.3 Å². The van der Waals surface area contributed by atoms with Crippen molar-refractivity contribution in [1.82, 2.24) is 0 Å². The van der Waals surface area contributed by atoms with Crippen molar-refractivity contribution in [3.8, 4) is 5.75 Å². The van der Waals surface area contributed by atoms with Crippen LogP contribution in [0.3, 0.4) is 0 Å². The van der Waals surface area contributed by atoms with Crippen molar-refractivity contribution in [1.29, 1.82) is 0 Å². The predicted molar refractivity (Wildman–Crippen MR) is 77.2 cm³/mol. The number of hydrogen-bond donors (Lipinski definition) is 1. The first-order chi connectivity index (χ1) is 9.35. The van der Waals surface area contributed by atoms with Crippen LogP contribution in [0.2, 0.25) is 0 Å². The van der Waals surface area contributed by atoms with Gasteiger partial charge in [-0.15, -0.1) is 0 Å². The first kappa shape index (κ1) is 12.7. The molecule has 0 unspecified atom stereocenters. The van der Waals surface area contributed by atoms with Gasteiger partial charge in [0.15, 0.2) is 0 Å². The third-order valence-electron chi connectivity index (χ3n) is 4.68. The number of ether oxygens (including phenoxy) is 1. The lowest BCUT2D eigenvalue weighted by Gasteiger charge is -2.16. The Hall–Kier alpha value is -1.28. The Bertz CT molecular complexity index is 437. The van der Waals surface area contributed by atoms with Crippen LogP contribution in [0.1, 0.15) is 18.4 Å². The smallest absolute Gasteiger partial charge is 0.118 e. The summed E-state index contributed by atoms with van der Waals surface area (Å²) in [6.07, 6.45) is 8.90. The summed E-state index contributed by atoms with van der Waals surface area (Å²) >= 11 is 0. The Kier molecular flexibility index (Phi) is 3.88. The van der Waals surface area contributed by atoms with Crippen molar-refractivity contribution < 1.29 is 10.1 Å². The first-order valence-electron chi connectivity index (χ1n) is 7.48. The third kappa shape index (κ3) is 3.01. The van der Waals surface area contributed by atoms with Crippen LogP contribution < -0.4 is 10.1 Å². The summed E-state index contributed by atoms with van der Waals surface area (Å²) in [7, 11) is 1.71. The van der Waals surface area contributed by atoms with E-state index in [1.165, 1.54) is 31.5 Å². The van der Waals surface area contributed by atoms with E-state index in [1.54, 1.807) is 7.11 Å². The summed E-state index contributed by atoms with van der Waals surface area (Å²) < 4.78 is 5.18. The Morgan fingerprint density at radius 2 is 2.00 bits per heavy atom. The highest BCUT2D eigenvalue weighted by atomic mass is 16.5. The first-order valence-corrected chi connectivity index (χ1v) is 7.48. The zero-order valence-corrected chi connectivity index (χ0v) is 11.7. The number of rotatable bonds is 6. The molecule has 2 nitrogen and oxygen atoms in total. The number of benzene rings is 1. The van der Waals surface area contributed by atoms with Gasteiger partial charge in [0.05, 0.1) is 20.2 Å². The SMILES string of the molecule is COc1ccc(CC[NH2+]C[C@H]2C[C@H]3C=C[C@H]2C3)cc1. The number of methoxy groups -OCH3 is 1. The van der Waals surface area contributed by atoms with E-state index in [1.807, 2.05) is 0 Å². The van der Waals surface area contributed by atoms with Crippen molar-refractivity contribution in [3.05, 3.63) is 42.0 Å². The predicted octanol–water partition coefficient (Wildman–Crippen LogP) is 2.01. The number of quaternary nitrogens is 1. The van der Waals surface area contributed by atoms with Gasteiger partial charge in [0.1, 0.15) is 5.75 Å². The summed E-state index contributed by atoms with van der Waals surface area (Å²) in [5, 5.41) is 2.50. The lowest BCUT2D eigenvalue weighted by molar-refractivity contribution is -0.660. The second-order valence-corrected chi connectivity index (χ2v) is 5.95. The minimum atomic E-state index is 0.891. The maximum atomic E-state index is 5.18.